The maximum Gasteiger partial charge on any atom is 0.351 e. The Balaban J connectivity index is 1.38. The van der Waals surface area contributed by atoms with Gasteiger partial charge < -0.3 is 33.4 Å². The Kier molecular flexibility index (Phi) is 21.8. The van der Waals surface area contributed by atoms with Crippen LogP contribution in [0.1, 0.15) is 147 Å². The first-order valence-electron chi connectivity index (χ1n) is 24.2. The molecule has 0 bridgehead atoms. The van der Waals surface area contributed by atoms with Gasteiger partial charge in [0.05, 0.1) is 19.8 Å². The Labute approximate surface area is 395 Å². The van der Waals surface area contributed by atoms with E-state index in [1.165, 1.54) is 55.9 Å². The van der Waals surface area contributed by atoms with Gasteiger partial charge in [-0.25, -0.2) is 16.0 Å². The quantitative estimate of drug-likeness (QED) is 0.0246. The monoisotopic (exact) mass is 924 g/mol. The van der Waals surface area contributed by atoms with Crippen LogP contribution >= 0.6 is 8.53 Å². The molecule has 5 atom stereocenters. The van der Waals surface area contributed by atoms with Crippen molar-refractivity contribution >= 4 is 20.3 Å². The van der Waals surface area contributed by atoms with Crippen LogP contribution in [0.4, 0.5) is 5.82 Å². The second-order valence-corrected chi connectivity index (χ2v) is 19.2. The number of hydrogen-bond acceptors (Lipinski definition) is 9. The number of carbonyl (C=O) groups excluding carboxylic acids is 1. The van der Waals surface area contributed by atoms with Crippen molar-refractivity contribution in [2.24, 2.45) is 0 Å². The van der Waals surface area contributed by atoms with E-state index in [2.05, 4.69) is 97.8 Å². The zero-order valence-electron chi connectivity index (χ0n) is 40.5. The van der Waals surface area contributed by atoms with Crippen LogP contribution in [-0.4, -0.2) is 71.3 Å². The van der Waals surface area contributed by atoms with E-state index in [9.17, 15) is 9.59 Å². The first-order chi connectivity index (χ1) is 32.0. The normalized spacial score (nSPS) is 17.5. The number of anilines is 1. The molecule has 0 aliphatic carbocycles. The van der Waals surface area contributed by atoms with Gasteiger partial charge in [0.15, 0.2) is 0 Å². The fourth-order valence-corrected chi connectivity index (χ4v) is 10.4. The van der Waals surface area contributed by atoms with Crippen molar-refractivity contribution in [2.45, 2.75) is 161 Å². The number of aromatic nitrogens is 2. The second-order valence-electron chi connectivity index (χ2n) is 17.8. The van der Waals surface area contributed by atoms with Gasteiger partial charge in [0.1, 0.15) is 36.1 Å². The van der Waals surface area contributed by atoms with Gasteiger partial charge in [-0.1, -0.05) is 143 Å². The molecule has 1 aliphatic heterocycles. The second kappa shape index (κ2) is 27.4. The van der Waals surface area contributed by atoms with Crippen LogP contribution in [0.2, 0.25) is 0 Å². The summed E-state index contributed by atoms with van der Waals surface area (Å²) in [5.41, 5.74) is 2.22. The van der Waals surface area contributed by atoms with Crippen molar-refractivity contribution in [1.82, 2.24) is 14.2 Å². The fourth-order valence-electron chi connectivity index (χ4n) is 8.64. The third-order valence-corrected chi connectivity index (χ3v) is 14.2. The molecular weight excluding hydrogens is 850 g/mol. The van der Waals surface area contributed by atoms with Crippen LogP contribution in [0.15, 0.2) is 95.9 Å². The van der Waals surface area contributed by atoms with E-state index in [4.69, 9.17) is 29.8 Å². The van der Waals surface area contributed by atoms with Crippen molar-refractivity contribution in [1.29, 1.82) is 0 Å². The molecule has 1 aromatic heterocycles. The first kappa shape index (κ1) is 52.5. The third kappa shape index (κ3) is 15.0. The summed E-state index contributed by atoms with van der Waals surface area (Å²) in [4.78, 5) is 34.5. The van der Waals surface area contributed by atoms with Gasteiger partial charge in [0.2, 0.25) is 12.5 Å². The summed E-state index contributed by atoms with van der Waals surface area (Å²) in [6, 6.07) is 28.2. The van der Waals surface area contributed by atoms with Crippen LogP contribution in [0.25, 0.3) is 4.85 Å². The topological polar surface area (TPSA) is 118 Å². The number of amides is 1. The smallest absolute Gasteiger partial charge is 0.351 e. The van der Waals surface area contributed by atoms with Crippen molar-refractivity contribution in [3.05, 3.63) is 135 Å². The first-order valence-corrected chi connectivity index (χ1v) is 25.3. The number of carbonyl (C=O) groups is 1. The van der Waals surface area contributed by atoms with Crippen LogP contribution in [0, 0.1) is 13.5 Å². The van der Waals surface area contributed by atoms with E-state index in [1.54, 1.807) is 19.4 Å². The van der Waals surface area contributed by atoms with Gasteiger partial charge in [-0.2, -0.15) is 4.98 Å². The number of rotatable bonds is 29. The van der Waals surface area contributed by atoms with E-state index < -0.39 is 38.3 Å². The van der Waals surface area contributed by atoms with Gasteiger partial charge in [-0.3, -0.25) is 9.36 Å². The zero-order chi connectivity index (χ0) is 47.3. The van der Waals surface area contributed by atoms with Crippen molar-refractivity contribution in [3.63, 3.8) is 0 Å². The lowest BCUT2D eigenvalue weighted by atomic mass is 9.79. The predicted octanol–water partition coefficient (Wildman–Crippen LogP) is 12.2. The molecule has 1 saturated heterocycles. The van der Waals surface area contributed by atoms with E-state index >= 15 is 0 Å². The zero-order valence-corrected chi connectivity index (χ0v) is 41.3. The molecule has 12 nitrogen and oxygen atoms in total. The molecule has 13 heteroatoms. The minimum atomic E-state index is -1.67. The highest BCUT2D eigenvalue weighted by molar-refractivity contribution is 7.44. The Morgan fingerprint density at radius 2 is 1.47 bits per heavy atom. The molecule has 1 N–H and O–H groups in total. The Morgan fingerprint density at radius 3 is 2.05 bits per heavy atom. The number of hydrogen-bond donors (Lipinski definition) is 1. The highest BCUT2D eigenvalue weighted by atomic mass is 31.2. The molecule has 3 aromatic carbocycles. The van der Waals surface area contributed by atoms with Crippen LogP contribution in [0.3, 0.4) is 0 Å². The van der Waals surface area contributed by atoms with Crippen LogP contribution in [-0.2, 0) is 28.9 Å². The van der Waals surface area contributed by atoms with E-state index in [1.807, 2.05) is 42.5 Å². The van der Waals surface area contributed by atoms with Gasteiger partial charge in [0, 0.05) is 31.1 Å². The number of nitrogens with one attached hydrogen (secondary N) is 1. The largest absolute Gasteiger partial charge is 0.497 e. The van der Waals surface area contributed by atoms with E-state index in [0.29, 0.717) is 12.8 Å². The number of aryl methyl sites for hydroxylation is 1. The Bertz CT molecular complexity index is 2120. The van der Waals surface area contributed by atoms with Crippen LogP contribution < -0.4 is 15.7 Å². The van der Waals surface area contributed by atoms with Gasteiger partial charge in [-0.05, 0) is 75.9 Å². The van der Waals surface area contributed by atoms with Crippen molar-refractivity contribution in [3.8, 4) is 5.75 Å². The third-order valence-electron chi connectivity index (χ3n) is 12.1. The molecule has 0 radical (unpaired) electrons. The molecular formula is C53H74N5O7P. The summed E-state index contributed by atoms with van der Waals surface area (Å²) < 4.78 is 36.7. The molecule has 0 spiro atoms. The van der Waals surface area contributed by atoms with Gasteiger partial charge >= 0.3 is 5.69 Å². The number of ether oxygens (including phenoxy) is 3. The average Bonchev–Trinajstić information content (AvgIpc) is 3.71. The maximum absolute atomic E-state index is 13.8. The standard InChI is InChI=1S/C53H74N5O7P/c1-9-10-11-12-13-14-15-16-17-18-22-25-50(59)55-49-34-36-57(52(60)56-49)51-38-47(65-66(63-37-35-54-7)58(40(2)3)41(4)5)48(64-51)39-62-53(43-23-20-19-21-24-43,44-28-26-42(6)27-29-44)45-30-32-46(61-8)33-31-45/h19-21,23-24,26-34,36,40-41,47-48,51H,9-18,22,25,35,37-39H2,1-6,8H3,(H,55,56,59,60). The van der Waals surface area contributed by atoms with Crippen LogP contribution in [0.5, 0.6) is 5.75 Å². The molecule has 66 heavy (non-hydrogen) atoms. The SMILES string of the molecule is [C-]#[N+]CCOP(OC1CC(n2ccc(NC(=O)CCCCCCCCCCCCC)nc2=O)OC1COC(c1ccccc1)(c1ccc(C)cc1)c1ccc(OC)cc1)N(C(C)C)C(C)C. The van der Waals surface area contributed by atoms with Gasteiger partial charge in [0.25, 0.3) is 8.53 Å². The number of nitrogens with zero attached hydrogens (tertiary/aromatic N) is 4. The molecule has 4 aromatic rings. The summed E-state index contributed by atoms with van der Waals surface area (Å²) >= 11 is 0. The maximum atomic E-state index is 13.8. The summed E-state index contributed by atoms with van der Waals surface area (Å²) in [5, 5.41) is 2.83. The number of benzene rings is 3. The highest BCUT2D eigenvalue weighted by Crippen LogP contribution is 2.50. The fraction of sp³-hybridized carbons (Fsp3) is 0.547. The molecule has 5 unspecified atom stereocenters. The molecule has 1 amide bonds. The van der Waals surface area contributed by atoms with Crippen molar-refractivity contribution < 1.29 is 28.1 Å². The molecule has 0 saturated carbocycles. The van der Waals surface area contributed by atoms with Gasteiger partial charge in [-0.15, -0.1) is 0 Å². The lowest BCUT2D eigenvalue weighted by molar-refractivity contribution is -0.116. The summed E-state index contributed by atoms with van der Waals surface area (Å²) in [7, 11) is -0.0191. The Hall–Kier alpha value is -4.47. The summed E-state index contributed by atoms with van der Waals surface area (Å²) in [5.74, 6) is 0.777. The number of methoxy groups -OCH3 is 1. The van der Waals surface area contributed by atoms with E-state index in [0.717, 1.165) is 47.3 Å². The van der Waals surface area contributed by atoms with E-state index in [-0.39, 0.29) is 43.6 Å². The number of unbranched alkanes of at least 4 members (excludes halogenated alkanes) is 10. The highest BCUT2D eigenvalue weighted by Gasteiger charge is 2.45. The molecule has 5 rings (SSSR count). The van der Waals surface area contributed by atoms with Crippen molar-refractivity contribution in [2.75, 3.05) is 32.2 Å². The molecule has 1 aliphatic rings. The minimum Gasteiger partial charge on any atom is -0.497 e. The Morgan fingerprint density at radius 1 is 0.879 bits per heavy atom. The molecule has 2 heterocycles. The lowest BCUT2D eigenvalue weighted by Gasteiger charge is -2.39. The average molecular weight is 924 g/mol. The molecule has 358 valence electrons. The minimum absolute atomic E-state index is 0.0694. The molecule has 1 fully saturated rings. The lowest BCUT2D eigenvalue weighted by Crippen LogP contribution is -2.39. The predicted molar refractivity (Wildman–Crippen MR) is 265 cm³/mol. The summed E-state index contributed by atoms with van der Waals surface area (Å²) in [6.07, 6.45) is 13.5. The summed E-state index contributed by atoms with van der Waals surface area (Å²) in [6.45, 7) is 20.6.